The second kappa shape index (κ2) is 8.02. The van der Waals surface area contributed by atoms with Gasteiger partial charge in [-0.2, -0.15) is 0 Å². The Hall–Kier alpha value is -2.27. The van der Waals surface area contributed by atoms with Gasteiger partial charge in [0.2, 0.25) is 0 Å². The van der Waals surface area contributed by atoms with E-state index in [9.17, 15) is 9.59 Å². The average molecular weight is 349 g/mol. The maximum absolute atomic E-state index is 12.4. The van der Waals surface area contributed by atoms with Gasteiger partial charge >= 0.3 is 5.97 Å². The standard InChI is InChI=1S/C18H21ClN2O3/c1-4-24-18(23)16-11(2)15(12(3)21-16)17(22)20-10-9-13-5-7-14(19)8-6-13/h5-8,21H,4,9-10H2,1-3H3,(H,20,22). The molecule has 0 bridgehead atoms. The van der Waals surface area contributed by atoms with Crippen LogP contribution in [0.4, 0.5) is 0 Å². The molecule has 0 aliphatic carbocycles. The van der Waals surface area contributed by atoms with E-state index in [-0.39, 0.29) is 5.91 Å². The number of amides is 1. The molecule has 6 heteroatoms. The van der Waals surface area contributed by atoms with Crippen LogP contribution in [0.1, 0.15) is 44.6 Å². The van der Waals surface area contributed by atoms with Gasteiger partial charge < -0.3 is 15.0 Å². The van der Waals surface area contributed by atoms with Crippen LogP contribution in [0.5, 0.6) is 0 Å². The highest BCUT2D eigenvalue weighted by Crippen LogP contribution is 2.18. The molecule has 2 aromatic rings. The van der Waals surface area contributed by atoms with Crippen molar-refractivity contribution in [1.82, 2.24) is 10.3 Å². The largest absolute Gasteiger partial charge is 0.461 e. The first kappa shape index (κ1) is 18.1. The second-order valence-electron chi connectivity index (χ2n) is 5.48. The summed E-state index contributed by atoms with van der Waals surface area (Å²) in [6.45, 7) is 6.04. The number of H-pyrrole nitrogens is 1. The van der Waals surface area contributed by atoms with Crippen molar-refractivity contribution >= 4 is 23.5 Å². The Labute approximate surface area is 146 Å². The number of aromatic nitrogens is 1. The number of ether oxygens (including phenoxy) is 1. The number of carbonyl (C=O) groups is 2. The molecule has 1 amide bonds. The van der Waals surface area contributed by atoms with E-state index >= 15 is 0 Å². The van der Waals surface area contributed by atoms with E-state index in [1.54, 1.807) is 20.8 Å². The zero-order chi connectivity index (χ0) is 17.7. The zero-order valence-corrected chi connectivity index (χ0v) is 14.8. The van der Waals surface area contributed by atoms with Gasteiger partial charge in [-0.15, -0.1) is 0 Å². The molecule has 0 spiro atoms. The molecule has 128 valence electrons. The molecule has 0 fully saturated rings. The summed E-state index contributed by atoms with van der Waals surface area (Å²) < 4.78 is 4.99. The van der Waals surface area contributed by atoms with E-state index in [0.29, 0.717) is 47.1 Å². The van der Waals surface area contributed by atoms with Crippen molar-refractivity contribution < 1.29 is 14.3 Å². The Morgan fingerprint density at radius 3 is 2.50 bits per heavy atom. The maximum Gasteiger partial charge on any atom is 0.355 e. The van der Waals surface area contributed by atoms with Gasteiger partial charge in [-0.3, -0.25) is 4.79 Å². The molecule has 0 aliphatic heterocycles. The third-order valence-electron chi connectivity index (χ3n) is 3.76. The van der Waals surface area contributed by atoms with Crippen LogP contribution in [0.2, 0.25) is 5.02 Å². The van der Waals surface area contributed by atoms with Crippen molar-refractivity contribution in [2.75, 3.05) is 13.2 Å². The topological polar surface area (TPSA) is 71.2 Å². The summed E-state index contributed by atoms with van der Waals surface area (Å²) in [5, 5.41) is 3.57. The van der Waals surface area contributed by atoms with E-state index in [1.807, 2.05) is 24.3 Å². The Balaban J connectivity index is 2.02. The third kappa shape index (κ3) is 4.17. The number of rotatable bonds is 6. The molecule has 1 aromatic heterocycles. The Bertz CT molecular complexity index is 735. The summed E-state index contributed by atoms with van der Waals surface area (Å²) in [6, 6.07) is 7.51. The minimum Gasteiger partial charge on any atom is -0.461 e. The molecule has 0 unspecified atom stereocenters. The van der Waals surface area contributed by atoms with E-state index in [2.05, 4.69) is 10.3 Å². The number of aryl methyl sites for hydroxylation is 1. The van der Waals surface area contributed by atoms with Crippen molar-refractivity contribution in [3.8, 4) is 0 Å². The Morgan fingerprint density at radius 1 is 1.21 bits per heavy atom. The normalized spacial score (nSPS) is 10.5. The molecule has 5 nitrogen and oxygen atoms in total. The summed E-state index contributed by atoms with van der Waals surface area (Å²) >= 11 is 5.85. The lowest BCUT2D eigenvalue weighted by molar-refractivity contribution is 0.0519. The van der Waals surface area contributed by atoms with Crippen molar-refractivity contribution in [3.63, 3.8) is 0 Å². The van der Waals surface area contributed by atoms with E-state index in [4.69, 9.17) is 16.3 Å². The summed E-state index contributed by atoms with van der Waals surface area (Å²) in [4.78, 5) is 27.2. The highest BCUT2D eigenvalue weighted by molar-refractivity contribution is 6.30. The monoisotopic (exact) mass is 348 g/mol. The van der Waals surface area contributed by atoms with Crippen LogP contribution in [-0.4, -0.2) is 30.0 Å². The quantitative estimate of drug-likeness (QED) is 0.785. The molecule has 0 saturated heterocycles. The van der Waals surface area contributed by atoms with E-state index < -0.39 is 5.97 Å². The van der Waals surface area contributed by atoms with Crippen LogP contribution >= 0.6 is 11.6 Å². The van der Waals surface area contributed by atoms with Gasteiger partial charge in [0.25, 0.3) is 5.91 Å². The molecule has 2 N–H and O–H groups in total. The van der Waals surface area contributed by atoms with E-state index in [0.717, 1.165) is 5.56 Å². The second-order valence-corrected chi connectivity index (χ2v) is 5.91. The summed E-state index contributed by atoms with van der Waals surface area (Å²) in [6.07, 6.45) is 0.705. The number of aromatic amines is 1. The predicted octanol–water partition coefficient (Wildman–Crippen LogP) is 3.43. The molecule has 1 heterocycles. The van der Waals surface area contributed by atoms with Crippen molar-refractivity contribution in [2.24, 2.45) is 0 Å². The first-order valence-electron chi connectivity index (χ1n) is 7.83. The van der Waals surface area contributed by atoms with Crippen LogP contribution in [0.15, 0.2) is 24.3 Å². The smallest absolute Gasteiger partial charge is 0.355 e. The maximum atomic E-state index is 12.4. The summed E-state index contributed by atoms with van der Waals surface area (Å²) in [5.41, 5.74) is 3.18. The van der Waals surface area contributed by atoms with E-state index in [1.165, 1.54) is 0 Å². The van der Waals surface area contributed by atoms with Gasteiger partial charge in [0.1, 0.15) is 5.69 Å². The lowest BCUT2D eigenvalue weighted by Crippen LogP contribution is -2.26. The number of nitrogens with one attached hydrogen (secondary N) is 2. The lowest BCUT2D eigenvalue weighted by atomic mass is 10.1. The number of benzene rings is 1. The number of carbonyl (C=O) groups excluding carboxylic acids is 2. The Kier molecular flexibility index (Phi) is 6.04. The van der Waals surface area contributed by atoms with Crippen LogP contribution in [0.3, 0.4) is 0 Å². The van der Waals surface area contributed by atoms with Crippen molar-refractivity contribution in [2.45, 2.75) is 27.2 Å². The minimum absolute atomic E-state index is 0.203. The lowest BCUT2D eigenvalue weighted by Gasteiger charge is -2.07. The van der Waals surface area contributed by atoms with Crippen LogP contribution in [0, 0.1) is 13.8 Å². The van der Waals surface area contributed by atoms with Gasteiger partial charge in [-0.1, -0.05) is 23.7 Å². The summed E-state index contributed by atoms with van der Waals surface area (Å²) in [5.74, 6) is -0.649. The first-order valence-corrected chi connectivity index (χ1v) is 8.20. The van der Waals surface area contributed by atoms with Crippen molar-refractivity contribution in [1.29, 1.82) is 0 Å². The van der Waals surface area contributed by atoms with Gasteiger partial charge in [-0.25, -0.2) is 4.79 Å². The third-order valence-corrected chi connectivity index (χ3v) is 4.01. The molecule has 0 saturated carbocycles. The molecular weight excluding hydrogens is 328 g/mol. The van der Waals surface area contributed by atoms with Crippen LogP contribution in [-0.2, 0) is 11.2 Å². The first-order chi connectivity index (χ1) is 11.4. The number of hydrogen-bond donors (Lipinski definition) is 2. The molecule has 24 heavy (non-hydrogen) atoms. The number of halogens is 1. The highest BCUT2D eigenvalue weighted by atomic mass is 35.5. The highest BCUT2D eigenvalue weighted by Gasteiger charge is 2.22. The molecule has 1 aromatic carbocycles. The average Bonchev–Trinajstić information content (AvgIpc) is 2.84. The predicted molar refractivity (Wildman–Crippen MR) is 93.7 cm³/mol. The number of esters is 1. The molecular formula is C18H21ClN2O3. The van der Waals surface area contributed by atoms with Gasteiger partial charge in [-0.05, 0) is 50.5 Å². The zero-order valence-electron chi connectivity index (χ0n) is 14.0. The molecule has 0 radical (unpaired) electrons. The molecule has 0 atom stereocenters. The SMILES string of the molecule is CCOC(=O)c1[nH]c(C)c(C(=O)NCCc2ccc(Cl)cc2)c1C. The molecule has 2 rings (SSSR count). The summed E-state index contributed by atoms with van der Waals surface area (Å²) in [7, 11) is 0. The minimum atomic E-state index is -0.446. The van der Waals surface area contributed by atoms with Crippen LogP contribution < -0.4 is 5.32 Å². The van der Waals surface area contributed by atoms with Crippen LogP contribution in [0.25, 0.3) is 0 Å². The fourth-order valence-electron chi connectivity index (χ4n) is 2.56. The fourth-order valence-corrected chi connectivity index (χ4v) is 2.68. The fraction of sp³-hybridized carbons (Fsp3) is 0.333. The molecule has 0 aliphatic rings. The Morgan fingerprint density at radius 2 is 1.88 bits per heavy atom. The van der Waals surface area contributed by atoms with Crippen molar-refractivity contribution in [3.05, 3.63) is 57.4 Å². The number of hydrogen-bond acceptors (Lipinski definition) is 3. The van der Waals surface area contributed by atoms with Gasteiger partial charge in [0, 0.05) is 17.3 Å². The van der Waals surface area contributed by atoms with Gasteiger partial charge in [0.15, 0.2) is 0 Å². The van der Waals surface area contributed by atoms with Gasteiger partial charge in [0.05, 0.1) is 12.2 Å².